The SMILES string of the molecule is CCCCNC(=O)c1c[nH]c2ccc(S(=O)(=O)Nc3ccc(C(C)C)cc3)cc2c1=O. The third-order valence-corrected chi connectivity index (χ3v) is 6.43. The Hall–Kier alpha value is -3.13. The normalized spacial score (nSPS) is 11.6. The lowest BCUT2D eigenvalue weighted by molar-refractivity contribution is 0.0952. The number of benzene rings is 2. The van der Waals surface area contributed by atoms with Gasteiger partial charge in [-0.3, -0.25) is 14.3 Å². The lowest BCUT2D eigenvalue weighted by Crippen LogP contribution is -2.29. The zero-order valence-electron chi connectivity index (χ0n) is 17.9. The standard InChI is InChI=1S/C23H27N3O4S/c1-4-5-12-24-23(28)20-14-25-21-11-10-18(13-19(21)22(20)27)31(29,30)26-17-8-6-16(7-9-17)15(2)3/h6-11,13-15,26H,4-5,12H2,1-3H3,(H,24,28)(H,25,27). The molecule has 0 unspecified atom stereocenters. The number of unbranched alkanes of at least 4 members (excludes halogenated alkanes) is 1. The van der Waals surface area contributed by atoms with Gasteiger partial charge in [0.15, 0.2) is 0 Å². The Kier molecular flexibility index (Phi) is 6.80. The van der Waals surface area contributed by atoms with Crippen LogP contribution < -0.4 is 15.5 Å². The van der Waals surface area contributed by atoms with E-state index in [2.05, 4.69) is 28.9 Å². The van der Waals surface area contributed by atoms with Crippen LogP contribution in [0.2, 0.25) is 0 Å². The van der Waals surface area contributed by atoms with Gasteiger partial charge >= 0.3 is 0 Å². The Morgan fingerprint density at radius 3 is 2.45 bits per heavy atom. The van der Waals surface area contributed by atoms with Crippen LogP contribution in [-0.4, -0.2) is 25.9 Å². The molecule has 31 heavy (non-hydrogen) atoms. The smallest absolute Gasteiger partial charge is 0.261 e. The van der Waals surface area contributed by atoms with Gasteiger partial charge < -0.3 is 10.3 Å². The Morgan fingerprint density at radius 1 is 1.10 bits per heavy atom. The second-order valence-corrected chi connectivity index (χ2v) is 9.41. The number of carbonyl (C=O) groups excluding carboxylic acids is 1. The lowest BCUT2D eigenvalue weighted by Gasteiger charge is -2.11. The van der Waals surface area contributed by atoms with Gasteiger partial charge in [0, 0.05) is 29.3 Å². The molecule has 7 nitrogen and oxygen atoms in total. The van der Waals surface area contributed by atoms with E-state index in [1.54, 1.807) is 12.1 Å². The Morgan fingerprint density at radius 2 is 1.81 bits per heavy atom. The van der Waals surface area contributed by atoms with E-state index in [9.17, 15) is 18.0 Å². The summed E-state index contributed by atoms with van der Waals surface area (Å²) < 4.78 is 28.3. The number of nitrogens with one attached hydrogen (secondary N) is 3. The van der Waals surface area contributed by atoms with Crippen molar-refractivity contribution in [1.29, 1.82) is 0 Å². The number of pyridine rings is 1. The van der Waals surface area contributed by atoms with Gasteiger partial charge in [-0.25, -0.2) is 8.42 Å². The van der Waals surface area contributed by atoms with Crippen molar-refractivity contribution < 1.29 is 13.2 Å². The Balaban J connectivity index is 1.92. The summed E-state index contributed by atoms with van der Waals surface area (Å²) in [6, 6.07) is 11.4. The van der Waals surface area contributed by atoms with Crippen LogP contribution in [0.3, 0.4) is 0 Å². The molecule has 0 atom stereocenters. The minimum Gasteiger partial charge on any atom is -0.360 e. The first-order chi connectivity index (χ1) is 14.7. The first-order valence-electron chi connectivity index (χ1n) is 10.3. The summed E-state index contributed by atoms with van der Waals surface area (Å²) in [5.74, 6) is -0.139. The average Bonchev–Trinajstić information content (AvgIpc) is 2.74. The maximum Gasteiger partial charge on any atom is 0.261 e. The molecule has 3 aromatic rings. The van der Waals surface area contributed by atoms with Gasteiger partial charge in [0.25, 0.3) is 15.9 Å². The topological polar surface area (TPSA) is 108 Å². The van der Waals surface area contributed by atoms with E-state index in [0.717, 1.165) is 18.4 Å². The zero-order chi connectivity index (χ0) is 22.6. The van der Waals surface area contributed by atoms with Crippen molar-refractivity contribution >= 4 is 32.5 Å². The van der Waals surface area contributed by atoms with Crippen molar-refractivity contribution in [3.63, 3.8) is 0 Å². The fraction of sp³-hybridized carbons (Fsp3) is 0.304. The number of sulfonamides is 1. The van der Waals surface area contributed by atoms with Crippen LogP contribution in [-0.2, 0) is 10.0 Å². The second-order valence-electron chi connectivity index (χ2n) is 7.73. The molecule has 0 spiro atoms. The first-order valence-corrected chi connectivity index (χ1v) is 11.8. The molecule has 0 fully saturated rings. The zero-order valence-corrected chi connectivity index (χ0v) is 18.7. The van der Waals surface area contributed by atoms with Gasteiger partial charge in [0.2, 0.25) is 5.43 Å². The number of H-pyrrole nitrogens is 1. The lowest BCUT2D eigenvalue weighted by atomic mass is 10.0. The maximum absolute atomic E-state index is 12.9. The van der Waals surface area contributed by atoms with E-state index in [4.69, 9.17) is 0 Å². The van der Waals surface area contributed by atoms with Crippen LogP contribution in [0.5, 0.6) is 0 Å². The van der Waals surface area contributed by atoms with Crippen LogP contribution in [0.4, 0.5) is 5.69 Å². The van der Waals surface area contributed by atoms with Gasteiger partial charge in [-0.15, -0.1) is 0 Å². The number of carbonyl (C=O) groups is 1. The molecule has 1 aromatic heterocycles. The molecule has 0 radical (unpaired) electrons. The van der Waals surface area contributed by atoms with Crippen LogP contribution >= 0.6 is 0 Å². The summed E-state index contributed by atoms with van der Waals surface area (Å²) in [6.45, 7) is 6.60. The highest BCUT2D eigenvalue weighted by atomic mass is 32.2. The summed E-state index contributed by atoms with van der Waals surface area (Å²) in [5.41, 5.74) is 1.43. The van der Waals surface area contributed by atoms with Crippen molar-refractivity contribution in [2.45, 2.75) is 44.4 Å². The minimum atomic E-state index is -3.91. The van der Waals surface area contributed by atoms with Crippen molar-refractivity contribution in [3.8, 4) is 0 Å². The molecular formula is C23H27N3O4S. The van der Waals surface area contributed by atoms with Crippen LogP contribution in [0, 0.1) is 0 Å². The first kappa shape index (κ1) is 22.6. The highest BCUT2D eigenvalue weighted by molar-refractivity contribution is 7.92. The molecule has 0 bridgehead atoms. The highest BCUT2D eigenvalue weighted by Crippen LogP contribution is 2.21. The molecular weight excluding hydrogens is 414 g/mol. The molecule has 164 valence electrons. The molecule has 2 aromatic carbocycles. The number of aromatic amines is 1. The summed E-state index contributed by atoms with van der Waals surface area (Å²) in [6.07, 6.45) is 3.08. The van der Waals surface area contributed by atoms with Gasteiger partial charge in [-0.05, 0) is 48.2 Å². The third kappa shape index (κ3) is 5.14. The van der Waals surface area contributed by atoms with E-state index in [1.165, 1.54) is 24.4 Å². The van der Waals surface area contributed by atoms with Crippen LogP contribution in [0.1, 0.15) is 55.5 Å². The monoisotopic (exact) mass is 441 g/mol. The third-order valence-electron chi connectivity index (χ3n) is 5.05. The van der Waals surface area contributed by atoms with Crippen molar-refractivity contribution in [3.05, 3.63) is 70.0 Å². The molecule has 3 N–H and O–H groups in total. The minimum absolute atomic E-state index is 0.0459. The number of fused-ring (bicyclic) bond motifs is 1. The fourth-order valence-electron chi connectivity index (χ4n) is 3.16. The van der Waals surface area contributed by atoms with Crippen LogP contribution in [0.25, 0.3) is 10.9 Å². The summed E-state index contributed by atoms with van der Waals surface area (Å²) in [5, 5.41) is 2.85. The van der Waals surface area contributed by atoms with Crippen molar-refractivity contribution in [1.82, 2.24) is 10.3 Å². The molecule has 0 aliphatic heterocycles. The molecule has 1 amide bonds. The number of amides is 1. The number of hydrogen-bond acceptors (Lipinski definition) is 4. The molecule has 3 rings (SSSR count). The molecule has 0 saturated heterocycles. The van der Waals surface area contributed by atoms with Crippen LogP contribution in [0.15, 0.2) is 58.4 Å². The van der Waals surface area contributed by atoms with Gasteiger partial charge in [-0.1, -0.05) is 39.3 Å². The number of anilines is 1. The largest absolute Gasteiger partial charge is 0.360 e. The molecule has 0 saturated carbocycles. The second kappa shape index (κ2) is 9.34. The maximum atomic E-state index is 12.9. The Labute approximate surface area is 181 Å². The van der Waals surface area contributed by atoms with Crippen molar-refractivity contribution in [2.75, 3.05) is 11.3 Å². The Bertz CT molecular complexity index is 1250. The average molecular weight is 442 g/mol. The van der Waals surface area contributed by atoms with Gasteiger partial charge in [0.1, 0.15) is 5.56 Å². The molecule has 1 heterocycles. The summed E-state index contributed by atoms with van der Waals surface area (Å²) in [7, 11) is -3.91. The number of hydrogen-bond donors (Lipinski definition) is 3. The van der Waals surface area contributed by atoms with E-state index < -0.39 is 21.4 Å². The predicted molar refractivity (Wildman–Crippen MR) is 123 cm³/mol. The molecule has 0 aliphatic rings. The van der Waals surface area contributed by atoms with Crippen molar-refractivity contribution in [2.24, 2.45) is 0 Å². The van der Waals surface area contributed by atoms with E-state index in [1.807, 2.05) is 19.1 Å². The predicted octanol–water partition coefficient (Wildman–Crippen LogP) is 3.98. The van der Waals surface area contributed by atoms with E-state index in [0.29, 0.717) is 23.7 Å². The summed E-state index contributed by atoms with van der Waals surface area (Å²) >= 11 is 0. The van der Waals surface area contributed by atoms with E-state index >= 15 is 0 Å². The fourth-order valence-corrected chi connectivity index (χ4v) is 4.24. The highest BCUT2D eigenvalue weighted by Gasteiger charge is 2.18. The molecule has 0 aliphatic carbocycles. The van der Waals surface area contributed by atoms with E-state index in [-0.39, 0.29) is 15.8 Å². The summed E-state index contributed by atoms with van der Waals surface area (Å²) in [4.78, 5) is 28.0. The number of rotatable bonds is 8. The number of aromatic nitrogens is 1. The quantitative estimate of drug-likeness (QED) is 0.459. The van der Waals surface area contributed by atoms with Gasteiger partial charge in [0.05, 0.1) is 4.90 Å². The molecule has 8 heteroatoms. The van der Waals surface area contributed by atoms with Gasteiger partial charge in [-0.2, -0.15) is 0 Å².